The number of rotatable bonds is 4. The number of ether oxygens (including phenoxy) is 2. The summed E-state index contributed by atoms with van der Waals surface area (Å²) in [5.74, 6) is -4.83. The maximum atomic E-state index is 13.5. The molecule has 4 rings (SSSR count). The van der Waals surface area contributed by atoms with Crippen LogP contribution in [-0.2, 0) is 0 Å². The van der Waals surface area contributed by atoms with E-state index in [1.165, 1.54) is 48.5 Å². The Kier molecular flexibility index (Phi) is 13.1. The first-order chi connectivity index (χ1) is 15.2. The molecule has 178 valence electrons. The summed E-state index contributed by atoms with van der Waals surface area (Å²) in [6, 6.07) is 11.4. The van der Waals surface area contributed by atoms with E-state index in [0.717, 1.165) is 12.8 Å². The third-order valence-electron chi connectivity index (χ3n) is 5.61. The van der Waals surface area contributed by atoms with Gasteiger partial charge in [-0.05, 0) is 74.9 Å². The monoisotopic (exact) mass is 502 g/mol. The first-order valence-electron chi connectivity index (χ1n) is 10.8. The predicted molar refractivity (Wildman–Crippen MR) is 111 cm³/mol. The molecular formula is C24H28F4Na2O4. The van der Waals surface area contributed by atoms with Gasteiger partial charge in [0.05, 0.1) is 0 Å². The number of phenols is 1. The molecule has 2 aliphatic rings. The Bertz CT molecular complexity index is 786. The molecule has 0 aliphatic heterocycles. The molecule has 0 amide bonds. The maximum Gasteiger partial charge on any atom is 1.00 e. The quantitative estimate of drug-likeness (QED) is 0.479. The van der Waals surface area contributed by atoms with Gasteiger partial charge in [-0.25, -0.2) is 17.6 Å². The van der Waals surface area contributed by atoms with Crippen LogP contribution >= 0.6 is 0 Å². The van der Waals surface area contributed by atoms with Crippen molar-refractivity contribution in [2.45, 2.75) is 75.4 Å². The van der Waals surface area contributed by atoms with Crippen LogP contribution in [0.1, 0.15) is 52.8 Å². The Balaban J connectivity index is 0.000000608. The topological polar surface area (TPSA) is 61.8 Å². The smallest absolute Gasteiger partial charge is 1.00 e. The van der Waals surface area contributed by atoms with Gasteiger partial charge in [-0.1, -0.05) is 12.1 Å². The van der Waals surface area contributed by atoms with Crippen LogP contribution in [0, 0.1) is 0 Å². The molecule has 2 fully saturated rings. The zero-order chi connectivity index (χ0) is 23.2. The molecule has 0 radical (unpaired) electrons. The van der Waals surface area contributed by atoms with Gasteiger partial charge >= 0.3 is 59.1 Å². The SMILES string of the molecule is Oc1ccc(OC2CCCCC2(F)F)cc1.[H-].[Na+].[Na+].[O-]c1ccc(OC2CCCCC2(F)F)cc1. The Hall–Kier alpha value is -0.640. The Labute approximate surface area is 243 Å². The molecular weight excluding hydrogens is 474 g/mol. The number of halogens is 4. The number of hydrogen-bond acceptors (Lipinski definition) is 4. The molecule has 0 aromatic heterocycles. The van der Waals surface area contributed by atoms with E-state index >= 15 is 0 Å². The fourth-order valence-corrected chi connectivity index (χ4v) is 3.79. The summed E-state index contributed by atoms with van der Waals surface area (Å²) < 4.78 is 64.3. The molecule has 1 N–H and O–H groups in total. The van der Waals surface area contributed by atoms with Crippen molar-refractivity contribution >= 4 is 0 Å². The van der Waals surface area contributed by atoms with Gasteiger partial charge in [-0.3, -0.25) is 0 Å². The minimum absolute atomic E-state index is 0. The number of phenolic OH excluding ortho intramolecular Hbond substituents is 1. The van der Waals surface area contributed by atoms with Gasteiger partial charge in [-0.15, -0.1) is 5.75 Å². The van der Waals surface area contributed by atoms with Crippen molar-refractivity contribution in [3.63, 3.8) is 0 Å². The molecule has 2 saturated carbocycles. The fraction of sp³-hybridized carbons (Fsp3) is 0.500. The minimum Gasteiger partial charge on any atom is -1.00 e. The summed E-state index contributed by atoms with van der Waals surface area (Å²) >= 11 is 0. The maximum absolute atomic E-state index is 13.5. The molecule has 2 aliphatic carbocycles. The van der Waals surface area contributed by atoms with E-state index in [-0.39, 0.29) is 84.9 Å². The van der Waals surface area contributed by atoms with Crippen LogP contribution in [0.2, 0.25) is 0 Å². The molecule has 0 saturated heterocycles. The van der Waals surface area contributed by atoms with E-state index in [4.69, 9.17) is 14.6 Å². The summed E-state index contributed by atoms with van der Waals surface area (Å²) in [7, 11) is 0. The number of hydrogen-bond donors (Lipinski definition) is 1. The van der Waals surface area contributed by atoms with Crippen LogP contribution in [0.4, 0.5) is 17.6 Å². The van der Waals surface area contributed by atoms with Crippen molar-refractivity contribution in [2.75, 3.05) is 0 Å². The van der Waals surface area contributed by atoms with Gasteiger partial charge in [0.15, 0.2) is 12.2 Å². The number of benzene rings is 2. The van der Waals surface area contributed by atoms with Crippen molar-refractivity contribution in [1.82, 2.24) is 0 Å². The average molecular weight is 502 g/mol. The van der Waals surface area contributed by atoms with E-state index in [1.54, 1.807) is 0 Å². The molecule has 4 nitrogen and oxygen atoms in total. The average Bonchev–Trinajstić information content (AvgIpc) is 2.74. The zero-order valence-corrected chi connectivity index (χ0v) is 23.6. The summed E-state index contributed by atoms with van der Waals surface area (Å²) in [5.41, 5.74) is 0. The van der Waals surface area contributed by atoms with E-state index < -0.39 is 24.1 Å². The van der Waals surface area contributed by atoms with Gasteiger partial charge in [-0.2, -0.15) is 0 Å². The summed E-state index contributed by atoms with van der Waals surface area (Å²) in [4.78, 5) is 0. The summed E-state index contributed by atoms with van der Waals surface area (Å²) in [5, 5.41) is 19.9. The van der Waals surface area contributed by atoms with Crippen LogP contribution in [0.25, 0.3) is 0 Å². The van der Waals surface area contributed by atoms with Gasteiger partial charge < -0.3 is 21.1 Å². The standard InChI is InChI=1S/2C12H14F2O2.2Na.H/c2*13-12(14)8-2-1-3-11(12)16-10-6-4-9(15)5-7-10;;;/h2*4-7,11,15H,1-3,8H2;;;/q;;2*+1;-1/p-1. The van der Waals surface area contributed by atoms with E-state index in [0.29, 0.717) is 37.2 Å². The molecule has 2 aromatic rings. The molecule has 34 heavy (non-hydrogen) atoms. The Morgan fingerprint density at radius 3 is 1.47 bits per heavy atom. The first-order valence-corrected chi connectivity index (χ1v) is 10.8. The van der Waals surface area contributed by atoms with Crippen LogP contribution in [0.5, 0.6) is 23.0 Å². The fourth-order valence-electron chi connectivity index (χ4n) is 3.79. The van der Waals surface area contributed by atoms with Crippen LogP contribution in [0.15, 0.2) is 48.5 Å². The number of alkyl halides is 4. The van der Waals surface area contributed by atoms with Gasteiger partial charge in [0.1, 0.15) is 17.2 Å². The third kappa shape index (κ3) is 9.43. The molecule has 2 aromatic carbocycles. The van der Waals surface area contributed by atoms with Crippen LogP contribution < -0.4 is 73.7 Å². The summed E-state index contributed by atoms with van der Waals surface area (Å²) in [6.07, 6.45) is 1.09. The molecule has 0 bridgehead atoms. The van der Waals surface area contributed by atoms with Crippen molar-refractivity contribution in [3.05, 3.63) is 48.5 Å². The van der Waals surface area contributed by atoms with Crippen molar-refractivity contribution in [3.8, 4) is 23.0 Å². The van der Waals surface area contributed by atoms with Gasteiger partial charge in [0.25, 0.3) is 11.8 Å². The second-order valence-electron chi connectivity index (χ2n) is 8.19. The van der Waals surface area contributed by atoms with E-state index in [2.05, 4.69) is 0 Å². The second-order valence-corrected chi connectivity index (χ2v) is 8.19. The van der Waals surface area contributed by atoms with Gasteiger partial charge in [0.2, 0.25) is 0 Å². The van der Waals surface area contributed by atoms with Crippen molar-refractivity contribution < 1.29 is 97.8 Å². The molecule has 2 atom stereocenters. The minimum atomic E-state index is -2.76. The number of aromatic hydroxyl groups is 1. The second kappa shape index (κ2) is 14.2. The normalized spacial score (nSPS) is 22.6. The van der Waals surface area contributed by atoms with Gasteiger partial charge in [0, 0.05) is 12.8 Å². The molecule has 0 heterocycles. The zero-order valence-electron chi connectivity index (χ0n) is 20.6. The Morgan fingerprint density at radius 2 is 1.09 bits per heavy atom. The van der Waals surface area contributed by atoms with Crippen molar-refractivity contribution in [2.24, 2.45) is 0 Å². The van der Waals surface area contributed by atoms with Crippen LogP contribution in [0.3, 0.4) is 0 Å². The van der Waals surface area contributed by atoms with Crippen molar-refractivity contribution in [1.29, 1.82) is 0 Å². The third-order valence-corrected chi connectivity index (χ3v) is 5.61. The predicted octanol–water partition coefficient (Wildman–Crippen LogP) is 0.186. The largest absolute Gasteiger partial charge is 1.00 e. The van der Waals surface area contributed by atoms with Crippen LogP contribution in [-0.4, -0.2) is 29.2 Å². The Morgan fingerprint density at radius 1 is 0.706 bits per heavy atom. The van der Waals surface area contributed by atoms with E-state index in [9.17, 15) is 22.7 Å². The molecule has 2 unspecified atom stereocenters. The van der Waals surface area contributed by atoms with E-state index in [1.807, 2.05) is 0 Å². The summed E-state index contributed by atoms with van der Waals surface area (Å²) in [6.45, 7) is 0. The molecule has 0 spiro atoms. The molecule has 10 heteroatoms. The first kappa shape index (κ1) is 31.4.